The highest BCUT2D eigenvalue weighted by Gasteiger charge is 2.11. The first kappa shape index (κ1) is 12.6. The van der Waals surface area contributed by atoms with Crippen molar-refractivity contribution in [3.05, 3.63) is 24.3 Å². The Morgan fingerprint density at radius 3 is 2.42 bits per heavy atom. The Morgan fingerprint density at radius 1 is 1.05 bits per heavy atom. The van der Waals surface area contributed by atoms with E-state index in [9.17, 15) is 0 Å². The molecule has 0 saturated carbocycles. The van der Waals surface area contributed by atoms with E-state index in [1.807, 2.05) is 30.5 Å². The highest BCUT2D eigenvalue weighted by Crippen LogP contribution is 2.34. The summed E-state index contributed by atoms with van der Waals surface area (Å²) in [5.74, 6) is 0.421. The number of thioether (sulfide) groups is 1. The molecule has 0 saturated heterocycles. The van der Waals surface area contributed by atoms with E-state index in [1.54, 1.807) is 11.8 Å². The molecule has 2 heterocycles. The molecule has 0 aliphatic heterocycles. The van der Waals surface area contributed by atoms with E-state index >= 15 is 0 Å². The van der Waals surface area contributed by atoms with E-state index in [4.69, 9.17) is 5.73 Å². The van der Waals surface area contributed by atoms with Crippen LogP contribution in [0.4, 0.5) is 5.82 Å². The van der Waals surface area contributed by atoms with Gasteiger partial charge in [-0.3, -0.25) is 0 Å². The van der Waals surface area contributed by atoms with Gasteiger partial charge in [0.15, 0.2) is 14.5 Å². The van der Waals surface area contributed by atoms with Gasteiger partial charge >= 0.3 is 0 Å². The number of benzene rings is 1. The smallest absolute Gasteiger partial charge is 0.181 e. The number of nitrogens with zero attached hydrogens (tertiary/aromatic N) is 4. The molecule has 3 aromatic rings. The molecule has 1 aromatic carbocycles. The van der Waals surface area contributed by atoms with Crippen molar-refractivity contribution in [1.29, 1.82) is 0 Å². The summed E-state index contributed by atoms with van der Waals surface area (Å²) in [5.41, 5.74) is 7.56. The van der Waals surface area contributed by atoms with Crippen LogP contribution in [0.3, 0.4) is 0 Å². The van der Waals surface area contributed by atoms with Crippen LogP contribution in [-0.2, 0) is 0 Å². The fourth-order valence-electron chi connectivity index (χ4n) is 1.48. The second kappa shape index (κ2) is 5.32. The molecule has 96 valence electrons. The van der Waals surface area contributed by atoms with Gasteiger partial charge in [0, 0.05) is 0 Å². The summed E-state index contributed by atoms with van der Waals surface area (Å²) in [7, 11) is 0. The summed E-state index contributed by atoms with van der Waals surface area (Å²) in [6.45, 7) is 0. The number of nitrogen functional groups attached to an aromatic ring is 1. The lowest BCUT2D eigenvalue weighted by Gasteiger charge is -2.03. The lowest BCUT2D eigenvalue weighted by atomic mass is 10.3. The standard InChI is InChI=1S/C11H9N5S3/c1-17-10-15-16-11(19-10)18-9-8(12)13-6-4-2-3-5-7(6)14-9/h2-5H,1H3,(H2,12,13). The molecule has 0 unspecified atom stereocenters. The average Bonchev–Trinajstić information content (AvgIpc) is 2.87. The molecule has 2 aromatic heterocycles. The molecular formula is C11H9N5S3. The molecular weight excluding hydrogens is 298 g/mol. The van der Waals surface area contributed by atoms with Gasteiger partial charge < -0.3 is 5.73 Å². The van der Waals surface area contributed by atoms with Crippen LogP contribution in [-0.4, -0.2) is 26.4 Å². The van der Waals surface area contributed by atoms with E-state index < -0.39 is 0 Å². The number of hydrogen-bond donors (Lipinski definition) is 1. The molecule has 0 fully saturated rings. The largest absolute Gasteiger partial charge is 0.381 e. The summed E-state index contributed by atoms with van der Waals surface area (Å²) < 4.78 is 1.75. The monoisotopic (exact) mass is 307 g/mol. The lowest BCUT2D eigenvalue weighted by Crippen LogP contribution is -1.97. The quantitative estimate of drug-likeness (QED) is 0.745. The van der Waals surface area contributed by atoms with Crippen LogP contribution in [0.15, 0.2) is 38.0 Å². The summed E-state index contributed by atoms with van der Waals surface area (Å²) >= 11 is 4.49. The van der Waals surface area contributed by atoms with E-state index in [2.05, 4.69) is 20.2 Å². The molecule has 0 aliphatic carbocycles. The van der Waals surface area contributed by atoms with Gasteiger partial charge in [0.2, 0.25) is 0 Å². The van der Waals surface area contributed by atoms with Crippen molar-refractivity contribution in [1.82, 2.24) is 20.2 Å². The first-order valence-electron chi connectivity index (χ1n) is 5.34. The number of rotatable bonds is 3. The van der Waals surface area contributed by atoms with Gasteiger partial charge in [0.05, 0.1) is 11.0 Å². The van der Waals surface area contributed by atoms with Gasteiger partial charge in [0.25, 0.3) is 0 Å². The average molecular weight is 307 g/mol. The predicted octanol–water partition coefficient (Wildman–Crippen LogP) is 2.94. The zero-order valence-corrected chi connectivity index (χ0v) is 12.3. The molecule has 5 nitrogen and oxygen atoms in total. The maximum Gasteiger partial charge on any atom is 0.181 e. The van der Waals surface area contributed by atoms with Crippen molar-refractivity contribution in [3.63, 3.8) is 0 Å². The van der Waals surface area contributed by atoms with Crippen LogP contribution in [0, 0.1) is 0 Å². The normalized spacial score (nSPS) is 11.0. The molecule has 8 heteroatoms. The van der Waals surface area contributed by atoms with E-state index in [1.165, 1.54) is 23.1 Å². The molecule has 0 atom stereocenters. The highest BCUT2D eigenvalue weighted by molar-refractivity contribution is 8.03. The van der Waals surface area contributed by atoms with Gasteiger partial charge in [-0.05, 0) is 30.2 Å². The maximum absolute atomic E-state index is 5.93. The first-order valence-corrected chi connectivity index (χ1v) is 8.19. The Bertz CT molecular complexity index is 727. The molecule has 3 rings (SSSR count). The fourth-order valence-corrected chi connectivity index (χ4v) is 3.82. The number of nitrogens with two attached hydrogens (primary N) is 1. The molecule has 2 N–H and O–H groups in total. The maximum atomic E-state index is 5.93. The zero-order chi connectivity index (χ0) is 13.2. The Hall–Kier alpha value is -1.38. The molecule has 0 radical (unpaired) electrons. The Balaban J connectivity index is 1.97. The lowest BCUT2D eigenvalue weighted by molar-refractivity contribution is 0.954. The van der Waals surface area contributed by atoms with Crippen molar-refractivity contribution in [2.75, 3.05) is 12.0 Å². The summed E-state index contributed by atoms with van der Waals surface area (Å²) in [4.78, 5) is 8.86. The summed E-state index contributed by atoms with van der Waals surface area (Å²) in [5, 5.41) is 8.80. The Morgan fingerprint density at radius 2 is 1.74 bits per heavy atom. The summed E-state index contributed by atoms with van der Waals surface area (Å²) in [6.07, 6.45) is 1.97. The molecule has 0 aliphatic rings. The molecule has 19 heavy (non-hydrogen) atoms. The minimum atomic E-state index is 0.421. The topological polar surface area (TPSA) is 77.6 Å². The number of fused-ring (bicyclic) bond motifs is 1. The predicted molar refractivity (Wildman–Crippen MR) is 79.8 cm³/mol. The number of para-hydroxylation sites is 2. The van der Waals surface area contributed by atoms with E-state index in [0.29, 0.717) is 10.8 Å². The molecule has 0 amide bonds. The van der Waals surface area contributed by atoms with Crippen molar-refractivity contribution in [2.45, 2.75) is 13.7 Å². The van der Waals surface area contributed by atoms with E-state index in [-0.39, 0.29) is 0 Å². The van der Waals surface area contributed by atoms with Gasteiger partial charge in [-0.25, -0.2) is 9.97 Å². The minimum absolute atomic E-state index is 0.421. The Labute approximate surface area is 122 Å². The first-order chi connectivity index (χ1) is 9.26. The number of anilines is 1. The fraction of sp³-hybridized carbons (Fsp3) is 0.0909. The second-order valence-electron chi connectivity index (χ2n) is 3.54. The van der Waals surface area contributed by atoms with Crippen molar-refractivity contribution in [3.8, 4) is 0 Å². The molecule has 0 bridgehead atoms. The van der Waals surface area contributed by atoms with Crippen LogP contribution in [0.1, 0.15) is 0 Å². The zero-order valence-electron chi connectivity index (χ0n) is 9.90. The van der Waals surface area contributed by atoms with Gasteiger partial charge in [-0.15, -0.1) is 10.2 Å². The van der Waals surface area contributed by atoms with Gasteiger partial charge in [-0.2, -0.15) is 0 Å². The van der Waals surface area contributed by atoms with Crippen LogP contribution >= 0.6 is 34.9 Å². The third kappa shape index (κ3) is 2.65. The van der Waals surface area contributed by atoms with Crippen molar-refractivity contribution in [2.24, 2.45) is 0 Å². The Kier molecular flexibility index (Phi) is 3.54. The highest BCUT2D eigenvalue weighted by atomic mass is 32.2. The van der Waals surface area contributed by atoms with Gasteiger partial charge in [-0.1, -0.05) is 35.2 Å². The summed E-state index contributed by atoms with van der Waals surface area (Å²) in [6, 6.07) is 7.65. The number of hydrogen-bond acceptors (Lipinski definition) is 8. The van der Waals surface area contributed by atoms with Crippen LogP contribution in [0.5, 0.6) is 0 Å². The van der Waals surface area contributed by atoms with Crippen LogP contribution in [0.25, 0.3) is 11.0 Å². The van der Waals surface area contributed by atoms with Gasteiger partial charge in [0.1, 0.15) is 5.03 Å². The third-order valence-corrected chi connectivity index (χ3v) is 5.25. The van der Waals surface area contributed by atoms with Crippen molar-refractivity contribution < 1.29 is 0 Å². The molecule has 0 spiro atoms. The number of aromatic nitrogens is 4. The van der Waals surface area contributed by atoms with Crippen LogP contribution < -0.4 is 5.73 Å². The van der Waals surface area contributed by atoms with Crippen molar-refractivity contribution >= 4 is 51.7 Å². The van der Waals surface area contributed by atoms with Crippen LogP contribution in [0.2, 0.25) is 0 Å². The minimum Gasteiger partial charge on any atom is -0.381 e. The van der Waals surface area contributed by atoms with E-state index in [0.717, 1.165) is 19.7 Å². The third-order valence-electron chi connectivity index (χ3n) is 2.31. The second-order valence-corrected chi connectivity index (χ2v) is 6.81. The SMILES string of the molecule is CSc1nnc(Sc2nc3ccccc3nc2N)s1.